The number of carbonyl (C=O) groups excluding carboxylic acids is 2. The van der Waals surface area contributed by atoms with Crippen LogP contribution in [0.2, 0.25) is 0 Å². The highest BCUT2D eigenvalue weighted by atomic mass is 16.2. The van der Waals surface area contributed by atoms with Crippen molar-refractivity contribution < 1.29 is 9.59 Å². The maximum Gasteiger partial charge on any atom is 0.271 e. The number of hydrogen-bond donors (Lipinski definition) is 3. The van der Waals surface area contributed by atoms with Gasteiger partial charge in [0.05, 0.1) is 12.1 Å². The lowest BCUT2D eigenvalue weighted by atomic mass is 10.1. The van der Waals surface area contributed by atoms with Crippen LogP contribution < -0.4 is 16.2 Å². The summed E-state index contributed by atoms with van der Waals surface area (Å²) in [6.45, 7) is 5.89. The molecule has 0 unspecified atom stereocenters. The van der Waals surface area contributed by atoms with Gasteiger partial charge in [0.25, 0.3) is 11.8 Å². The van der Waals surface area contributed by atoms with Crippen LogP contribution >= 0.6 is 0 Å². The van der Waals surface area contributed by atoms with Crippen LogP contribution in [0.3, 0.4) is 0 Å². The lowest BCUT2D eigenvalue weighted by molar-refractivity contribution is -0.120. The number of pyridine rings is 1. The molecular weight excluding hydrogens is 292 g/mol. The molecule has 0 fully saturated rings. The number of benzene rings is 1. The fourth-order valence-electron chi connectivity index (χ4n) is 2.03. The third kappa shape index (κ3) is 4.81. The van der Waals surface area contributed by atoms with E-state index in [1.165, 1.54) is 6.20 Å². The van der Waals surface area contributed by atoms with E-state index in [-0.39, 0.29) is 12.5 Å². The summed E-state index contributed by atoms with van der Waals surface area (Å²) in [5.41, 5.74) is 9.05. The summed E-state index contributed by atoms with van der Waals surface area (Å²) in [5.74, 6) is -0.740. The van der Waals surface area contributed by atoms with E-state index in [1.54, 1.807) is 12.1 Å². The van der Waals surface area contributed by atoms with E-state index in [0.29, 0.717) is 5.56 Å². The third-order valence-electron chi connectivity index (χ3n) is 3.31. The highest BCUT2D eigenvalue weighted by molar-refractivity contribution is 5.95. The molecule has 2 amide bonds. The molecule has 0 saturated heterocycles. The summed E-state index contributed by atoms with van der Waals surface area (Å²) in [6.07, 6.45) is 1.46. The Morgan fingerprint density at radius 2 is 1.83 bits per heavy atom. The molecule has 0 aliphatic rings. The molecule has 0 spiro atoms. The number of aryl methyl sites for hydroxylation is 3. The Hall–Kier alpha value is -2.89. The Kier molecular flexibility index (Phi) is 5.30. The lowest BCUT2D eigenvalue weighted by Gasteiger charge is -2.11. The first-order valence-electron chi connectivity index (χ1n) is 7.28. The molecule has 3 N–H and O–H groups in total. The van der Waals surface area contributed by atoms with Gasteiger partial charge in [-0.3, -0.25) is 25.4 Å². The summed E-state index contributed by atoms with van der Waals surface area (Å²) in [7, 11) is 0. The molecule has 2 aromatic rings. The minimum absolute atomic E-state index is 0.0658. The molecule has 0 saturated carbocycles. The van der Waals surface area contributed by atoms with Crippen LogP contribution in [0.4, 0.5) is 5.69 Å². The zero-order chi connectivity index (χ0) is 16.8. The number of hydrogen-bond acceptors (Lipinski definition) is 4. The van der Waals surface area contributed by atoms with Gasteiger partial charge in [0, 0.05) is 17.6 Å². The van der Waals surface area contributed by atoms with Crippen molar-refractivity contribution in [1.82, 2.24) is 15.8 Å². The molecule has 1 aromatic heterocycles. The van der Waals surface area contributed by atoms with Crippen LogP contribution in [0.5, 0.6) is 0 Å². The van der Waals surface area contributed by atoms with Gasteiger partial charge < -0.3 is 5.32 Å². The predicted molar refractivity (Wildman–Crippen MR) is 89.0 cm³/mol. The lowest BCUT2D eigenvalue weighted by Crippen LogP contribution is -2.44. The number of amides is 2. The van der Waals surface area contributed by atoms with Crippen molar-refractivity contribution in [2.24, 2.45) is 0 Å². The fraction of sp³-hybridized carbons (Fsp3) is 0.235. The van der Waals surface area contributed by atoms with E-state index in [2.05, 4.69) is 21.2 Å². The molecule has 0 atom stereocenters. The first kappa shape index (κ1) is 16.5. The first-order chi connectivity index (χ1) is 11.0. The van der Waals surface area contributed by atoms with Crippen molar-refractivity contribution >= 4 is 17.5 Å². The van der Waals surface area contributed by atoms with Gasteiger partial charge in [0.15, 0.2) is 0 Å². The average molecular weight is 312 g/mol. The Balaban J connectivity index is 1.81. The first-order valence-corrected chi connectivity index (χ1v) is 7.28. The molecule has 0 aliphatic heterocycles. The highest BCUT2D eigenvalue weighted by Crippen LogP contribution is 2.15. The van der Waals surface area contributed by atoms with E-state index in [1.807, 2.05) is 39.0 Å². The number of anilines is 1. The van der Waals surface area contributed by atoms with Gasteiger partial charge in [-0.15, -0.1) is 0 Å². The molecule has 6 heteroatoms. The van der Waals surface area contributed by atoms with Crippen molar-refractivity contribution in [3.63, 3.8) is 0 Å². The SMILES string of the molecule is Cc1ccc(NCC(=O)NNC(=O)c2ccc(C)nc2)c(C)c1. The summed E-state index contributed by atoms with van der Waals surface area (Å²) in [4.78, 5) is 27.7. The van der Waals surface area contributed by atoms with Crippen molar-refractivity contribution in [1.29, 1.82) is 0 Å². The van der Waals surface area contributed by atoms with Crippen LogP contribution in [0.25, 0.3) is 0 Å². The van der Waals surface area contributed by atoms with E-state index in [0.717, 1.165) is 22.5 Å². The minimum atomic E-state index is -0.405. The van der Waals surface area contributed by atoms with Gasteiger partial charge in [0.2, 0.25) is 0 Å². The summed E-state index contributed by atoms with van der Waals surface area (Å²) >= 11 is 0. The second-order valence-electron chi connectivity index (χ2n) is 5.36. The Morgan fingerprint density at radius 3 is 2.48 bits per heavy atom. The van der Waals surface area contributed by atoms with E-state index in [9.17, 15) is 9.59 Å². The monoisotopic (exact) mass is 312 g/mol. The summed E-state index contributed by atoms with van der Waals surface area (Å²) in [6, 6.07) is 9.32. The number of hydrazine groups is 1. The molecule has 120 valence electrons. The average Bonchev–Trinajstić information content (AvgIpc) is 2.52. The van der Waals surface area contributed by atoms with Gasteiger partial charge in [-0.2, -0.15) is 0 Å². The predicted octanol–water partition coefficient (Wildman–Crippen LogP) is 1.88. The number of nitrogens with one attached hydrogen (secondary N) is 3. The zero-order valence-electron chi connectivity index (χ0n) is 13.4. The van der Waals surface area contributed by atoms with Gasteiger partial charge in [0.1, 0.15) is 0 Å². The Bertz CT molecular complexity index is 711. The third-order valence-corrected chi connectivity index (χ3v) is 3.31. The van der Waals surface area contributed by atoms with Crippen LogP contribution in [0, 0.1) is 20.8 Å². The molecule has 2 rings (SSSR count). The van der Waals surface area contributed by atoms with Crippen LogP contribution in [0.1, 0.15) is 27.2 Å². The van der Waals surface area contributed by atoms with Crippen molar-refractivity contribution in [2.75, 3.05) is 11.9 Å². The highest BCUT2D eigenvalue weighted by Gasteiger charge is 2.08. The van der Waals surface area contributed by atoms with Crippen molar-refractivity contribution in [3.05, 3.63) is 58.9 Å². The second-order valence-corrected chi connectivity index (χ2v) is 5.36. The topological polar surface area (TPSA) is 83.1 Å². The van der Waals surface area contributed by atoms with E-state index < -0.39 is 5.91 Å². The molecule has 0 radical (unpaired) electrons. The quantitative estimate of drug-likeness (QED) is 0.753. The standard InChI is InChI=1S/C17H20N4O2/c1-11-4-7-15(12(2)8-11)19-10-16(22)20-21-17(23)14-6-5-13(3)18-9-14/h4-9,19H,10H2,1-3H3,(H,20,22)(H,21,23). The van der Waals surface area contributed by atoms with Gasteiger partial charge in [-0.25, -0.2) is 0 Å². The largest absolute Gasteiger partial charge is 0.376 e. The van der Waals surface area contributed by atoms with Gasteiger partial charge >= 0.3 is 0 Å². The minimum Gasteiger partial charge on any atom is -0.376 e. The van der Waals surface area contributed by atoms with Gasteiger partial charge in [-0.1, -0.05) is 17.7 Å². The normalized spacial score (nSPS) is 10.0. The van der Waals surface area contributed by atoms with E-state index in [4.69, 9.17) is 0 Å². The molecule has 6 nitrogen and oxygen atoms in total. The number of nitrogens with zero attached hydrogens (tertiary/aromatic N) is 1. The summed E-state index contributed by atoms with van der Waals surface area (Å²) < 4.78 is 0. The molecule has 0 bridgehead atoms. The van der Waals surface area contributed by atoms with Crippen molar-refractivity contribution in [2.45, 2.75) is 20.8 Å². The van der Waals surface area contributed by atoms with Crippen LogP contribution in [-0.4, -0.2) is 23.3 Å². The molecular formula is C17H20N4O2. The second kappa shape index (κ2) is 7.40. The van der Waals surface area contributed by atoms with Crippen molar-refractivity contribution in [3.8, 4) is 0 Å². The number of carbonyl (C=O) groups is 2. The smallest absolute Gasteiger partial charge is 0.271 e. The van der Waals surface area contributed by atoms with Crippen LogP contribution in [0.15, 0.2) is 36.5 Å². The Morgan fingerprint density at radius 1 is 1.04 bits per heavy atom. The fourth-order valence-corrected chi connectivity index (χ4v) is 2.03. The zero-order valence-corrected chi connectivity index (χ0v) is 13.4. The summed E-state index contributed by atoms with van der Waals surface area (Å²) in [5, 5.41) is 3.04. The van der Waals surface area contributed by atoms with Crippen LogP contribution in [-0.2, 0) is 4.79 Å². The van der Waals surface area contributed by atoms with E-state index >= 15 is 0 Å². The molecule has 23 heavy (non-hydrogen) atoms. The number of aromatic nitrogens is 1. The Labute approximate surface area is 135 Å². The maximum absolute atomic E-state index is 11.8. The number of rotatable bonds is 4. The molecule has 1 aromatic carbocycles. The molecule has 1 heterocycles. The maximum atomic E-state index is 11.8. The van der Waals surface area contributed by atoms with Gasteiger partial charge in [-0.05, 0) is 44.5 Å². The molecule has 0 aliphatic carbocycles.